The molecule has 2 rings (SSSR count). The molecule has 0 spiro atoms. The van der Waals surface area contributed by atoms with Crippen molar-refractivity contribution in [1.29, 1.82) is 0 Å². The van der Waals surface area contributed by atoms with Gasteiger partial charge in [0.25, 0.3) is 0 Å². The molecule has 1 aliphatic carbocycles. The molecule has 2 atom stereocenters. The third-order valence-electron chi connectivity index (χ3n) is 3.36. The lowest BCUT2D eigenvalue weighted by molar-refractivity contribution is -0.144. The average Bonchev–Trinajstić information content (AvgIpc) is 2.34. The van der Waals surface area contributed by atoms with Crippen molar-refractivity contribution in [3.63, 3.8) is 0 Å². The number of thioether (sulfide) groups is 1. The van der Waals surface area contributed by atoms with Gasteiger partial charge in [0.1, 0.15) is 5.54 Å². The Morgan fingerprint density at radius 2 is 2.16 bits per heavy atom. The predicted octanol–water partition coefficient (Wildman–Crippen LogP) is 2.78. The molecule has 0 bridgehead atoms. The number of carbonyl (C=O) groups is 1. The number of aliphatic carboxylic acids is 1. The molecule has 2 unspecified atom stereocenters. The van der Waals surface area contributed by atoms with Gasteiger partial charge in [0.15, 0.2) is 11.6 Å². The average molecular weight is 287 g/mol. The van der Waals surface area contributed by atoms with Crippen molar-refractivity contribution in [1.82, 2.24) is 0 Å². The molecule has 1 aromatic carbocycles. The Bertz CT molecular complexity index is 498. The van der Waals surface area contributed by atoms with E-state index in [4.69, 9.17) is 10.8 Å². The predicted molar refractivity (Wildman–Crippen MR) is 69.0 cm³/mol. The molecule has 1 aromatic rings. The highest BCUT2D eigenvalue weighted by molar-refractivity contribution is 8.00. The summed E-state index contributed by atoms with van der Waals surface area (Å²) in [5, 5.41) is 9.13. The van der Waals surface area contributed by atoms with Crippen LogP contribution in [0, 0.1) is 11.6 Å². The smallest absolute Gasteiger partial charge is 0.323 e. The highest BCUT2D eigenvalue weighted by Gasteiger charge is 2.39. The summed E-state index contributed by atoms with van der Waals surface area (Å²) in [5.41, 5.74) is 4.65. The van der Waals surface area contributed by atoms with Crippen LogP contribution in [0.5, 0.6) is 0 Å². The van der Waals surface area contributed by atoms with Crippen molar-refractivity contribution >= 4 is 17.7 Å². The van der Waals surface area contributed by atoms with Crippen molar-refractivity contribution in [3.8, 4) is 0 Å². The molecule has 0 aliphatic heterocycles. The third kappa shape index (κ3) is 3.25. The van der Waals surface area contributed by atoms with Crippen LogP contribution >= 0.6 is 11.8 Å². The van der Waals surface area contributed by atoms with E-state index in [0.29, 0.717) is 17.7 Å². The number of nitrogens with two attached hydrogens (primary N) is 1. The highest BCUT2D eigenvalue weighted by Crippen LogP contribution is 2.37. The topological polar surface area (TPSA) is 63.3 Å². The van der Waals surface area contributed by atoms with Crippen molar-refractivity contribution in [2.24, 2.45) is 5.73 Å². The van der Waals surface area contributed by atoms with Crippen LogP contribution < -0.4 is 5.73 Å². The molecule has 1 fully saturated rings. The first-order chi connectivity index (χ1) is 8.90. The van der Waals surface area contributed by atoms with Crippen LogP contribution in [-0.2, 0) is 4.79 Å². The lowest BCUT2D eigenvalue weighted by Crippen LogP contribution is -2.51. The minimum atomic E-state index is -1.20. The quantitative estimate of drug-likeness (QED) is 0.897. The zero-order chi connectivity index (χ0) is 14.0. The van der Waals surface area contributed by atoms with Crippen molar-refractivity contribution < 1.29 is 18.7 Å². The Hall–Kier alpha value is -1.14. The summed E-state index contributed by atoms with van der Waals surface area (Å²) in [6.45, 7) is 0. The number of carboxylic acids is 1. The van der Waals surface area contributed by atoms with Gasteiger partial charge in [-0.2, -0.15) is 0 Å². The van der Waals surface area contributed by atoms with E-state index in [1.807, 2.05) is 0 Å². The van der Waals surface area contributed by atoms with Gasteiger partial charge in [-0.15, -0.1) is 11.8 Å². The Kier molecular flexibility index (Phi) is 4.10. The second kappa shape index (κ2) is 5.46. The molecule has 0 aromatic heterocycles. The standard InChI is InChI=1S/C13H15F2NO2S/c14-10-4-3-8(6-11(10)15)19-9-2-1-5-13(16,7-9)12(17)18/h3-4,6,9H,1-2,5,7,16H2,(H,17,18). The SMILES string of the molecule is NC1(C(=O)O)CCCC(Sc2ccc(F)c(F)c2)C1. The number of carboxylic acid groups (broad SMARTS) is 1. The van der Waals surface area contributed by atoms with E-state index in [9.17, 15) is 13.6 Å². The van der Waals surface area contributed by atoms with Gasteiger partial charge in [-0.3, -0.25) is 4.79 Å². The van der Waals surface area contributed by atoms with Gasteiger partial charge in [0.05, 0.1) is 0 Å². The monoisotopic (exact) mass is 287 g/mol. The Labute approximate surface area is 114 Å². The maximum atomic E-state index is 13.1. The third-order valence-corrected chi connectivity index (χ3v) is 4.62. The summed E-state index contributed by atoms with van der Waals surface area (Å²) in [6, 6.07) is 3.71. The first-order valence-corrected chi connectivity index (χ1v) is 6.93. The number of hydrogen-bond acceptors (Lipinski definition) is 3. The van der Waals surface area contributed by atoms with Crippen molar-refractivity contribution in [2.75, 3.05) is 0 Å². The molecular formula is C13H15F2NO2S. The minimum Gasteiger partial charge on any atom is -0.480 e. The first-order valence-electron chi connectivity index (χ1n) is 6.05. The lowest BCUT2D eigenvalue weighted by atomic mass is 9.82. The molecule has 3 N–H and O–H groups in total. The molecule has 0 saturated heterocycles. The number of benzene rings is 1. The largest absolute Gasteiger partial charge is 0.480 e. The molecular weight excluding hydrogens is 272 g/mol. The number of halogens is 2. The van der Waals surface area contributed by atoms with Gasteiger partial charge in [-0.1, -0.05) is 0 Å². The zero-order valence-corrected chi connectivity index (χ0v) is 11.1. The van der Waals surface area contributed by atoms with Gasteiger partial charge < -0.3 is 10.8 Å². The van der Waals surface area contributed by atoms with Gasteiger partial charge in [0.2, 0.25) is 0 Å². The van der Waals surface area contributed by atoms with Crippen LogP contribution in [0.1, 0.15) is 25.7 Å². The molecule has 0 radical (unpaired) electrons. The first kappa shape index (κ1) is 14.3. The number of hydrogen-bond donors (Lipinski definition) is 2. The van der Waals surface area contributed by atoms with E-state index in [-0.39, 0.29) is 5.25 Å². The summed E-state index contributed by atoms with van der Waals surface area (Å²) >= 11 is 1.36. The summed E-state index contributed by atoms with van der Waals surface area (Å²) in [6.07, 6.45) is 2.35. The summed E-state index contributed by atoms with van der Waals surface area (Å²) < 4.78 is 25.9. The fourth-order valence-electron chi connectivity index (χ4n) is 2.29. The van der Waals surface area contributed by atoms with E-state index in [1.165, 1.54) is 17.8 Å². The fourth-order valence-corrected chi connectivity index (χ4v) is 3.66. The van der Waals surface area contributed by atoms with E-state index < -0.39 is 23.1 Å². The lowest BCUT2D eigenvalue weighted by Gasteiger charge is -2.34. The molecule has 0 amide bonds. The van der Waals surface area contributed by atoms with Gasteiger partial charge in [-0.25, -0.2) is 8.78 Å². The van der Waals surface area contributed by atoms with Crippen LogP contribution in [0.3, 0.4) is 0 Å². The number of rotatable bonds is 3. The van der Waals surface area contributed by atoms with Gasteiger partial charge in [-0.05, 0) is 43.9 Å². The van der Waals surface area contributed by atoms with Gasteiger partial charge >= 0.3 is 5.97 Å². The summed E-state index contributed by atoms with van der Waals surface area (Å²) in [5.74, 6) is -2.77. The van der Waals surface area contributed by atoms with Gasteiger partial charge in [0, 0.05) is 10.1 Å². The maximum Gasteiger partial charge on any atom is 0.323 e. The summed E-state index contributed by atoms with van der Waals surface area (Å²) in [4.78, 5) is 11.7. The normalized spacial score (nSPS) is 27.2. The van der Waals surface area contributed by atoms with E-state index in [1.54, 1.807) is 0 Å². The molecule has 104 valence electrons. The molecule has 1 saturated carbocycles. The second-order valence-electron chi connectivity index (χ2n) is 4.87. The Balaban J connectivity index is 2.06. The maximum absolute atomic E-state index is 13.1. The van der Waals surface area contributed by atoms with Crippen molar-refractivity contribution in [3.05, 3.63) is 29.8 Å². The fraction of sp³-hybridized carbons (Fsp3) is 0.462. The second-order valence-corrected chi connectivity index (χ2v) is 6.25. The van der Waals surface area contributed by atoms with Crippen LogP contribution in [-0.4, -0.2) is 21.9 Å². The zero-order valence-electron chi connectivity index (χ0n) is 10.2. The minimum absolute atomic E-state index is 0.0136. The highest BCUT2D eigenvalue weighted by atomic mass is 32.2. The van der Waals surface area contributed by atoms with Crippen LogP contribution in [0.15, 0.2) is 23.1 Å². The van der Waals surface area contributed by atoms with Crippen molar-refractivity contribution in [2.45, 2.75) is 41.4 Å². The van der Waals surface area contributed by atoms with E-state index in [2.05, 4.69) is 0 Å². The molecule has 3 nitrogen and oxygen atoms in total. The molecule has 1 aliphatic rings. The Morgan fingerprint density at radius 3 is 2.79 bits per heavy atom. The van der Waals surface area contributed by atoms with Crippen LogP contribution in [0.25, 0.3) is 0 Å². The molecule has 0 heterocycles. The Morgan fingerprint density at radius 1 is 1.42 bits per heavy atom. The van der Waals surface area contributed by atoms with E-state index >= 15 is 0 Å². The van der Waals surface area contributed by atoms with Crippen LogP contribution in [0.4, 0.5) is 8.78 Å². The molecule has 19 heavy (non-hydrogen) atoms. The summed E-state index contributed by atoms with van der Waals surface area (Å²) in [7, 11) is 0. The molecule has 6 heteroatoms. The van der Waals surface area contributed by atoms with E-state index in [0.717, 1.165) is 25.0 Å². The van der Waals surface area contributed by atoms with Crippen LogP contribution in [0.2, 0.25) is 0 Å².